The molecule has 132 valence electrons. The Morgan fingerprint density at radius 1 is 1.25 bits per heavy atom. The van der Waals surface area contributed by atoms with E-state index in [0.29, 0.717) is 6.04 Å². The Kier molecular flexibility index (Phi) is 5.58. The fourth-order valence-corrected chi connectivity index (χ4v) is 3.59. The van der Waals surface area contributed by atoms with E-state index in [9.17, 15) is 0 Å². The molecule has 24 heavy (non-hydrogen) atoms. The Morgan fingerprint density at radius 3 is 2.50 bits per heavy atom. The highest BCUT2D eigenvalue weighted by Gasteiger charge is 2.31. The topological polar surface area (TPSA) is 43.3 Å². The molecular weight excluding hydrogens is 302 g/mol. The van der Waals surface area contributed by atoms with E-state index in [2.05, 4.69) is 44.2 Å². The molecule has 3 saturated heterocycles. The normalized spacial score (nSPS) is 26.3. The first-order valence-corrected chi connectivity index (χ1v) is 8.70. The number of hydrogen-bond acceptors (Lipinski definition) is 4. The van der Waals surface area contributed by atoms with Gasteiger partial charge in [0.1, 0.15) is 5.75 Å². The van der Waals surface area contributed by atoms with E-state index < -0.39 is 0 Å². The lowest BCUT2D eigenvalue weighted by molar-refractivity contribution is 0.0152. The Hall–Kier alpha value is -1.79. The van der Waals surface area contributed by atoms with Crippen LogP contribution in [0.1, 0.15) is 5.56 Å². The van der Waals surface area contributed by atoms with Crippen LogP contribution in [0.5, 0.6) is 5.75 Å². The van der Waals surface area contributed by atoms with Crippen LogP contribution >= 0.6 is 0 Å². The van der Waals surface area contributed by atoms with Crippen LogP contribution < -0.4 is 10.1 Å². The molecule has 1 aromatic carbocycles. The first kappa shape index (κ1) is 17.0. The molecule has 0 saturated carbocycles. The highest BCUT2D eigenvalue weighted by atomic mass is 16.5. The van der Waals surface area contributed by atoms with Crippen molar-refractivity contribution in [1.29, 1.82) is 0 Å². The van der Waals surface area contributed by atoms with Crippen LogP contribution in [0, 0.1) is 0 Å². The first-order valence-electron chi connectivity index (χ1n) is 8.70. The standard InChI is InChI=1S/C18H29N5O/c1-19-18(20-12-16-14-22-8-10-23(16)11-9-22)21(2)13-15-4-6-17(24-3)7-5-15/h4-7,16H,8-14H2,1-3H3,(H,19,20). The van der Waals surface area contributed by atoms with Crippen LogP contribution in [0.2, 0.25) is 0 Å². The van der Waals surface area contributed by atoms with Gasteiger partial charge >= 0.3 is 0 Å². The molecule has 3 heterocycles. The van der Waals surface area contributed by atoms with E-state index in [1.54, 1.807) is 7.11 Å². The van der Waals surface area contributed by atoms with Crippen molar-refractivity contribution in [2.24, 2.45) is 4.99 Å². The Bertz CT molecular complexity index is 551. The number of piperazine rings is 3. The molecule has 0 aromatic heterocycles. The highest BCUT2D eigenvalue weighted by molar-refractivity contribution is 5.79. The molecule has 3 aliphatic heterocycles. The average Bonchev–Trinajstić information content (AvgIpc) is 2.64. The Balaban J connectivity index is 1.51. The van der Waals surface area contributed by atoms with Crippen molar-refractivity contribution in [2.75, 3.05) is 60.5 Å². The zero-order chi connectivity index (χ0) is 16.9. The summed E-state index contributed by atoms with van der Waals surface area (Å²) in [5, 5.41) is 3.55. The number of hydrogen-bond donors (Lipinski definition) is 1. The van der Waals surface area contributed by atoms with Gasteiger partial charge < -0.3 is 15.0 Å². The third kappa shape index (κ3) is 3.99. The fourth-order valence-electron chi connectivity index (χ4n) is 3.59. The largest absolute Gasteiger partial charge is 0.497 e. The number of guanidine groups is 1. The molecule has 1 atom stereocenters. The third-order valence-electron chi connectivity index (χ3n) is 5.04. The van der Waals surface area contributed by atoms with Gasteiger partial charge in [-0.05, 0) is 17.7 Å². The third-order valence-corrected chi connectivity index (χ3v) is 5.04. The van der Waals surface area contributed by atoms with Crippen LogP contribution in [0.3, 0.4) is 0 Å². The molecule has 0 amide bonds. The molecular formula is C18H29N5O. The second kappa shape index (κ2) is 7.85. The fraction of sp³-hybridized carbons (Fsp3) is 0.611. The van der Waals surface area contributed by atoms with Crippen LogP contribution in [0.4, 0.5) is 0 Å². The molecule has 1 N–H and O–H groups in total. The number of nitrogens with zero attached hydrogens (tertiary/aromatic N) is 4. The van der Waals surface area contributed by atoms with E-state index in [1.807, 2.05) is 19.2 Å². The van der Waals surface area contributed by atoms with Crippen molar-refractivity contribution in [1.82, 2.24) is 20.0 Å². The van der Waals surface area contributed by atoms with Gasteiger partial charge in [-0.1, -0.05) is 12.1 Å². The van der Waals surface area contributed by atoms with Crippen molar-refractivity contribution >= 4 is 5.96 Å². The van der Waals surface area contributed by atoms with E-state index in [0.717, 1.165) is 24.8 Å². The van der Waals surface area contributed by atoms with Crippen LogP contribution in [0.15, 0.2) is 29.3 Å². The summed E-state index contributed by atoms with van der Waals surface area (Å²) < 4.78 is 5.21. The van der Waals surface area contributed by atoms with Gasteiger partial charge in [-0.2, -0.15) is 0 Å². The molecule has 6 heteroatoms. The number of methoxy groups -OCH3 is 1. The SMILES string of the molecule is CN=C(NCC1CN2CCN1CC2)N(C)Cc1ccc(OC)cc1. The van der Waals surface area contributed by atoms with Crippen molar-refractivity contribution in [2.45, 2.75) is 12.6 Å². The summed E-state index contributed by atoms with van der Waals surface area (Å²) in [4.78, 5) is 11.8. The van der Waals surface area contributed by atoms with E-state index in [-0.39, 0.29) is 0 Å². The number of rotatable bonds is 5. The van der Waals surface area contributed by atoms with Gasteiger partial charge in [0.15, 0.2) is 5.96 Å². The van der Waals surface area contributed by atoms with Gasteiger partial charge in [-0.3, -0.25) is 14.8 Å². The minimum Gasteiger partial charge on any atom is -0.497 e. The van der Waals surface area contributed by atoms with Gasteiger partial charge in [0, 0.05) is 66.0 Å². The second-order valence-corrected chi connectivity index (χ2v) is 6.62. The highest BCUT2D eigenvalue weighted by Crippen LogP contribution is 2.15. The minimum atomic E-state index is 0.596. The minimum absolute atomic E-state index is 0.596. The predicted molar refractivity (Wildman–Crippen MR) is 97.6 cm³/mol. The smallest absolute Gasteiger partial charge is 0.193 e. The number of fused-ring (bicyclic) bond motifs is 3. The summed E-state index contributed by atoms with van der Waals surface area (Å²) in [5.41, 5.74) is 1.24. The molecule has 0 spiro atoms. The van der Waals surface area contributed by atoms with Crippen LogP contribution in [-0.4, -0.2) is 87.2 Å². The summed E-state index contributed by atoms with van der Waals surface area (Å²) in [7, 11) is 5.62. The molecule has 2 bridgehead atoms. The number of benzene rings is 1. The molecule has 0 radical (unpaired) electrons. The van der Waals surface area contributed by atoms with Crippen molar-refractivity contribution in [3.8, 4) is 5.75 Å². The molecule has 4 rings (SSSR count). The maximum atomic E-state index is 5.21. The Labute approximate surface area is 145 Å². The van der Waals surface area contributed by atoms with Gasteiger partial charge in [0.05, 0.1) is 7.11 Å². The Morgan fingerprint density at radius 2 is 1.96 bits per heavy atom. The predicted octanol–water partition coefficient (Wildman–Crippen LogP) is 0.702. The van der Waals surface area contributed by atoms with E-state index in [1.165, 1.54) is 38.3 Å². The first-order chi connectivity index (χ1) is 11.7. The molecule has 6 nitrogen and oxygen atoms in total. The molecule has 3 fully saturated rings. The molecule has 1 aromatic rings. The lowest BCUT2D eigenvalue weighted by Crippen LogP contribution is -2.63. The quantitative estimate of drug-likeness (QED) is 0.636. The maximum Gasteiger partial charge on any atom is 0.193 e. The number of aliphatic imine (C=N–C) groups is 1. The summed E-state index contributed by atoms with van der Waals surface area (Å²) in [6.45, 7) is 7.80. The van der Waals surface area contributed by atoms with Gasteiger partial charge in [0.25, 0.3) is 0 Å². The van der Waals surface area contributed by atoms with E-state index in [4.69, 9.17) is 4.74 Å². The molecule has 0 aliphatic carbocycles. The summed E-state index contributed by atoms with van der Waals surface area (Å²) in [6, 6.07) is 8.79. The van der Waals surface area contributed by atoms with Crippen LogP contribution in [-0.2, 0) is 6.54 Å². The molecule has 1 unspecified atom stereocenters. The van der Waals surface area contributed by atoms with E-state index >= 15 is 0 Å². The zero-order valence-corrected chi connectivity index (χ0v) is 15.0. The van der Waals surface area contributed by atoms with Crippen molar-refractivity contribution in [3.05, 3.63) is 29.8 Å². The number of ether oxygens (including phenoxy) is 1. The molecule has 3 aliphatic rings. The second-order valence-electron chi connectivity index (χ2n) is 6.62. The zero-order valence-electron chi connectivity index (χ0n) is 15.0. The van der Waals surface area contributed by atoms with Crippen LogP contribution in [0.25, 0.3) is 0 Å². The summed E-state index contributed by atoms with van der Waals surface area (Å²) in [5.74, 6) is 1.84. The average molecular weight is 331 g/mol. The monoisotopic (exact) mass is 331 g/mol. The van der Waals surface area contributed by atoms with Gasteiger partial charge in [0.2, 0.25) is 0 Å². The van der Waals surface area contributed by atoms with Crippen molar-refractivity contribution < 1.29 is 4.74 Å². The van der Waals surface area contributed by atoms with Gasteiger partial charge in [-0.25, -0.2) is 0 Å². The number of nitrogens with one attached hydrogen (secondary N) is 1. The summed E-state index contributed by atoms with van der Waals surface area (Å²) in [6.07, 6.45) is 0. The lowest BCUT2D eigenvalue weighted by atomic mass is 10.1. The maximum absolute atomic E-state index is 5.21. The lowest BCUT2D eigenvalue weighted by Gasteiger charge is -2.47. The summed E-state index contributed by atoms with van der Waals surface area (Å²) >= 11 is 0. The van der Waals surface area contributed by atoms with Gasteiger partial charge in [-0.15, -0.1) is 0 Å². The van der Waals surface area contributed by atoms with Crippen molar-refractivity contribution in [3.63, 3.8) is 0 Å².